The Morgan fingerprint density at radius 1 is 1.29 bits per heavy atom. The number of aldehydes is 1. The summed E-state index contributed by atoms with van der Waals surface area (Å²) in [6.45, 7) is 0. The summed E-state index contributed by atoms with van der Waals surface area (Å²) in [4.78, 5) is 20.9. The number of carbonyl (C=O) groups is 2. The minimum atomic E-state index is -1.05. The molecule has 0 aliphatic rings. The van der Waals surface area contributed by atoms with Gasteiger partial charge in [0.15, 0.2) is 0 Å². The van der Waals surface area contributed by atoms with Crippen molar-refractivity contribution in [3.8, 4) is 0 Å². The molecule has 1 N–H and O–H groups in total. The molecular weight excluding hydrogens is 180 g/mol. The molecule has 0 saturated carbocycles. The lowest BCUT2D eigenvalue weighted by atomic mass is 10.1. The van der Waals surface area contributed by atoms with Crippen LogP contribution in [0.1, 0.15) is 12.0 Å². The van der Waals surface area contributed by atoms with Crippen molar-refractivity contribution in [3.63, 3.8) is 0 Å². The monoisotopic (exact) mass is 190 g/mol. The SMILES string of the molecule is O=CC/C(=C/c1ccccc1)C(=O)O. The number of hydrogen-bond acceptors (Lipinski definition) is 2. The number of benzene rings is 1. The fourth-order valence-electron chi connectivity index (χ4n) is 1.05. The highest BCUT2D eigenvalue weighted by Gasteiger charge is 2.05. The maximum Gasteiger partial charge on any atom is 0.332 e. The largest absolute Gasteiger partial charge is 0.478 e. The molecule has 0 bridgehead atoms. The topological polar surface area (TPSA) is 54.4 Å². The molecule has 0 unspecified atom stereocenters. The van der Waals surface area contributed by atoms with Crippen LogP contribution < -0.4 is 0 Å². The molecule has 0 saturated heterocycles. The van der Waals surface area contributed by atoms with Gasteiger partial charge in [0.1, 0.15) is 6.29 Å². The van der Waals surface area contributed by atoms with E-state index in [0.29, 0.717) is 6.29 Å². The standard InChI is InChI=1S/C11H10O3/c12-7-6-10(11(13)14)8-9-4-2-1-3-5-9/h1-5,7-8H,6H2,(H,13,14)/b10-8-. The molecule has 0 aliphatic carbocycles. The molecule has 3 heteroatoms. The van der Waals surface area contributed by atoms with Crippen molar-refractivity contribution < 1.29 is 14.7 Å². The second-order valence-electron chi connectivity index (χ2n) is 2.76. The summed E-state index contributed by atoms with van der Waals surface area (Å²) in [5.41, 5.74) is 0.887. The van der Waals surface area contributed by atoms with Gasteiger partial charge in [-0.05, 0) is 11.6 Å². The number of aliphatic carboxylic acids is 1. The first kappa shape index (κ1) is 10.2. The van der Waals surface area contributed by atoms with Crippen molar-refractivity contribution in [2.24, 2.45) is 0 Å². The van der Waals surface area contributed by atoms with E-state index >= 15 is 0 Å². The van der Waals surface area contributed by atoms with Crippen LogP contribution in [0.3, 0.4) is 0 Å². The molecule has 0 aliphatic heterocycles. The van der Waals surface area contributed by atoms with Gasteiger partial charge in [-0.2, -0.15) is 0 Å². The Hall–Kier alpha value is -1.90. The fourth-order valence-corrected chi connectivity index (χ4v) is 1.05. The van der Waals surface area contributed by atoms with Gasteiger partial charge in [-0.1, -0.05) is 30.3 Å². The average molecular weight is 190 g/mol. The van der Waals surface area contributed by atoms with Crippen LogP contribution in [0.2, 0.25) is 0 Å². The highest BCUT2D eigenvalue weighted by atomic mass is 16.4. The maximum atomic E-state index is 10.7. The van der Waals surface area contributed by atoms with Gasteiger partial charge in [-0.25, -0.2) is 4.79 Å². The number of rotatable bonds is 4. The first-order valence-electron chi connectivity index (χ1n) is 4.16. The van der Waals surface area contributed by atoms with Crippen LogP contribution >= 0.6 is 0 Å². The van der Waals surface area contributed by atoms with E-state index in [1.807, 2.05) is 18.2 Å². The molecule has 1 aromatic carbocycles. The average Bonchev–Trinajstić information content (AvgIpc) is 2.18. The van der Waals surface area contributed by atoms with Crippen LogP contribution in [0.4, 0.5) is 0 Å². The van der Waals surface area contributed by atoms with Crippen molar-refractivity contribution in [1.82, 2.24) is 0 Å². The molecule has 0 radical (unpaired) electrons. The van der Waals surface area contributed by atoms with Crippen LogP contribution in [0.15, 0.2) is 35.9 Å². The lowest BCUT2D eigenvalue weighted by Gasteiger charge is -1.96. The van der Waals surface area contributed by atoms with Crippen LogP contribution in [0.25, 0.3) is 6.08 Å². The Balaban J connectivity index is 2.93. The van der Waals surface area contributed by atoms with Crippen molar-refractivity contribution in [3.05, 3.63) is 41.5 Å². The lowest BCUT2D eigenvalue weighted by Crippen LogP contribution is -2.00. The third kappa shape index (κ3) is 2.86. The van der Waals surface area contributed by atoms with Crippen LogP contribution in [-0.4, -0.2) is 17.4 Å². The van der Waals surface area contributed by atoms with Crippen LogP contribution in [0, 0.1) is 0 Å². The highest BCUT2D eigenvalue weighted by molar-refractivity contribution is 5.94. The smallest absolute Gasteiger partial charge is 0.332 e. The number of carboxylic acids is 1. The summed E-state index contributed by atoms with van der Waals surface area (Å²) in [5, 5.41) is 8.74. The lowest BCUT2D eigenvalue weighted by molar-refractivity contribution is -0.133. The summed E-state index contributed by atoms with van der Waals surface area (Å²) in [7, 11) is 0. The van der Waals surface area contributed by atoms with Gasteiger partial charge >= 0.3 is 5.97 Å². The Bertz CT molecular complexity index is 352. The van der Waals surface area contributed by atoms with Gasteiger partial charge in [0.25, 0.3) is 0 Å². The molecule has 0 aromatic heterocycles. The van der Waals surface area contributed by atoms with Crippen molar-refractivity contribution in [1.29, 1.82) is 0 Å². The fraction of sp³-hybridized carbons (Fsp3) is 0.0909. The van der Waals surface area contributed by atoms with E-state index in [0.717, 1.165) is 5.56 Å². The van der Waals surface area contributed by atoms with E-state index in [2.05, 4.69) is 0 Å². The Labute approximate surface area is 81.7 Å². The highest BCUT2D eigenvalue weighted by Crippen LogP contribution is 2.08. The molecule has 0 heterocycles. The summed E-state index contributed by atoms with van der Waals surface area (Å²) < 4.78 is 0. The van der Waals surface area contributed by atoms with Crippen molar-refractivity contribution in [2.75, 3.05) is 0 Å². The predicted molar refractivity (Wildman–Crippen MR) is 52.7 cm³/mol. The third-order valence-electron chi connectivity index (χ3n) is 1.72. The zero-order valence-corrected chi connectivity index (χ0v) is 7.51. The molecule has 14 heavy (non-hydrogen) atoms. The normalized spacial score (nSPS) is 11.0. The zero-order chi connectivity index (χ0) is 10.4. The minimum Gasteiger partial charge on any atom is -0.478 e. The molecule has 3 nitrogen and oxygen atoms in total. The van der Waals surface area contributed by atoms with Gasteiger partial charge < -0.3 is 9.90 Å². The molecule has 0 amide bonds. The van der Waals surface area contributed by atoms with E-state index in [4.69, 9.17) is 5.11 Å². The molecule has 1 rings (SSSR count). The summed E-state index contributed by atoms with van der Waals surface area (Å²) in [5.74, 6) is -1.05. The van der Waals surface area contributed by atoms with Crippen molar-refractivity contribution >= 4 is 18.3 Å². The third-order valence-corrected chi connectivity index (χ3v) is 1.72. The van der Waals surface area contributed by atoms with Gasteiger partial charge in [-0.3, -0.25) is 0 Å². The molecular formula is C11H10O3. The molecule has 0 fully saturated rings. The van der Waals surface area contributed by atoms with E-state index < -0.39 is 5.97 Å². The van der Waals surface area contributed by atoms with Crippen LogP contribution in [0.5, 0.6) is 0 Å². The van der Waals surface area contributed by atoms with E-state index in [1.165, 1.54) is 6.08 Å². The second-order valence-corrected chi connectivity index (χ2v) is 2.76. The van der Waals surface area contributed by atoms with Gasteiger partial charge in [-0.15, -0.1) is 0 Å². The van der Waals surface area contributed by atoms with E-state index in [9.17, 15) is 9.59 Å². The number of carboxylic acid groups (broad SMARTS) is 1. The zero-order valence-electron chi connectivity index (χ0n) is 7.51. The minimum absolute atomic E-state index is 0.0653. The number of hydrogen-bond donors (Lipinski definition) is 1. The Morgan fingerprint density at radius 2 is 1.93 bits per heavy atom. The van der Waals surface area contributed by atoms with Crippen molar-refractivity contribution in [2.45, 2.75) is 6.42 Å². The second kappa shape index (κ2) is 4.97. The van der Waals surface area contributed by atoms with Gasteiger partial charge in [0.05, 0.1) is 0 Å². The molecule has 0 atom stereocenters. The predicted octanol–water partition coefficient (Wildman–Crippen LogP) is 1.74. The Morgan fingerprint density at radius 3 is 2.43 bits per heavy atom. The quantitative estimate of drug-likeness (QED) is 0.581. The van der Waals surface area contributed by atoms with Crippen LogP contribution in [-0.2, 0) is 9.59 Å². The summed E-state index contributed by atoms with van der Waals surface area (Å²) in [6, 6.07) is 9.04. The van der Waals surface area contributed by atoms with E-state index in [1.54, 1.807) is 12.1 Å². The number of carbonyl (C=O) groups excluding carboxylic acids is 1. The van der Waals surface area contributed by atoms with E-state index in [-0.39, 0.29) is 12.0 Å². The molecule has 1 aromatic rings. The molecule has 0 spiro atoms. The first-order chi connectivity index (χ1) is 6.74. The summed E-state index contributed by atoms with van der Waals surface area (Å²) in [6.07, 6.45) is 2.02. The molecule has 72 valence electrons. The Kier molecular flexibility index (Phi) is 3.61. The van der Waals surface area contributed by atoms with Gasteiger partial charge in [0, 0.05) is 12.0 Å². The maximum absolute atomic E-state index is 10.7. The first-order valence-corrected chi connectivity index (χ1v) is 4.16. The summed E-state index contributed by atoms with van der Waals surface area (Å²) >= 11 is 0. The van der Waals surface area contributed by atoms with Gasteiger partial charge in [0.2, 0.25) is 0 Å².